The van der Waals surface area contributed by atoms with Crippen molar-refractivity contribution in [3.05, 3.63) is 34.6 Å². The first kappa shape index (κ1) is 12.2. The predicted octanol–water partition coefficient (Wildman–Crippen LogP) is 4.56. The molecule has 0 saturated heterocycles. The summed E-state index contributed by atoms with van der Waals surface area (Å²) in [5.41, 5.74) is 3.00. The smallest absolute Gasteiger partial charge is 0.127 e. The van der Waals surface area contributed by atoms with Gasteiger partial charge in [-0.15, -0.1) is 0 Å². The van der Waals surface area contributed by atoms with E-state index in [2.05, 4.69) is 13.8 Å². The Morgan fingerprint density at radius 2 is 1.67 bits per heavy atom. The average Bonchev–Trinajstić information content (AvgIpc) is 2.00. The first-order valence-electron chi connectivity index (χ1n) is 5.54. The molecule has 1 heteroatoms. The molecule has 0 fully saturated rings. The fourth-order valence-electron chi connectivity index (χ4n) is 1.89. The van der Waals surface area contributed by atoms with Crippen molar-refractivity contribution in [3.8, 4) is 0 Å². The van der Waals surface area contributed by atoms with Crippen LogP contribution in [0.5, 0.6) is 0 Å². The molecule has 0 aliphatic heterocycles. The summed E-state index contributed by atoms with van der Waals surface area (Å²) in [6.07, 6.45) is 0. The molecule has 84 valence electrons. The minimum absolute atomic E-state index is 0.0793. The maximum absolute atomic E-state index is 13.8. The standard InChI is InChI=1S/C14H21F/c1-9(2)11-8-12(14(4,5)6)13(15)7-10(11)3/h7-9H,1-6H3. The van der Waals surface area contributed by atoms with E-state index < -0.39 is 0 Å². The summed E-state index contributed by atoms with van der Waals surface area (Å²) < 4.78 is 13.8. The molecule has 0 bridgehead atoms. The summed E-state index contributed by atoms with van der Waals surface area (Å²) in [7, 11) is 0. The van der Waals surface area contributed by atoms with E-state index in [9.17, 15) is 4.39 Å². The van der Waals surface area contributed by atoms with Crippen LogP contribution in [-0.4, -0.2) is 0 Å². The van der Waals surface area contributed by atoms with Crippen molar-refractivity contribution in [2.45, 2.75) is 52.9 Å². The second kappa shape index (κ2) is 3.96. The third-order valence-electron chi connectivity index (χ3n) is 2.79. The summed E-state index contributed by atoms with van der Waals surface area (Å²) in [5, 5.41) is 0. The molecule has 1 rings (SSSR count). The molecule has 0 atom stereocenters. The van der Waals surface area contributed by atoms with Crippen LogP contribution in [0.15, 0.2) is 12.1 Å². The van der Waals surface area contributed by atoms with Gasteiger partial charge >= 0.3 is 0 Å². The number of benzene rings is 1. The van der Waals surface area contributed by atoms with Gasteiger partial charge in [0.2, 0.25) is 0 Å². The monoisotopic (exact) mass is 208 g/mol. The molecule has 0 N–H and O–H groups in total. The van der Waals surface area contributed by atoms with Crippen LogP contribution in [0.25, 0.3) is 0 Å². The van der Waals surface area contributed by atoms with Gasteiger partial charge in [0, 0.05) is 0 Å². The molecule has 15 heavy (non-hydrogen) atoms. The Hall–Kier alpha value is -0.850. The Bertz CT molecular complexity index is 356. The second-order valence-corrected chi connectivity index (χ2v) is 5.59. The highest BCUT2D eigenvalue weighted by molar-refractivity contribution is 5.37. The van der Waals surface area contributed by atoms with Gasteiger partial charge < -0.3 is 0 Å². The molecule has 0 aliphatic carbocycles. The first-order valence-corrected chi connectivity index (χ1v) is 5.54. The van der Waals surface area contributed by atoms with Crippen molar-refractivity contribution in [1.29, 1.82) is 0 Å². The maximum atomic E-state index is 13.8. The second-order valence-electron chi connectivity index (χ2n) is 5.59. The van der Waals surface area contributed by atoms with E-state index in [0.29, 0.717) is 5.92 Å². The molecule has 0 heterocycles. The van der Waals surface area contributed by atoms with Gasteiger partial charge in [-0.2, -0.15) is 0 Å². The zero-order chi connectivity index (χ0) is 11.8. The van der Waals surface area contributed by atoms with E-state index in [4.69, 9.17) is 0 Å². The van der Waals surface area contributed by atoms with Crippen molar-refractivity contribution in [1.82, 2.24) is 0 Å². The van der Waals surface area contributed by atoms with Crippen LogP contribution in [-0.2, 0) is 5.41 Å². The summed E-state index contributed by atoms with van der Waals surface area (Å²) in [5.74, 6) is 0.371. The van der Waals surface area contributed by atoms with Crippen molar-refractivity contribution in [2.75, 3.05) is 0 Å². The quantitative estimate of drug-likeness (QED) is 0.635. The number of halogens is 1. The molecule has 0 amide bonds. The minimum atomic E-state index is -0.124. The summed E-state index contributed by atoms with van der Waals surface area (Å²) in [6.45, 7) is 12.4. The van der Waals surface area contributed by atoms with E-state index in [1.54, 1.807) is 6.07 Å². The van der Waals surface area contributed by atoms with Crippen LogP contribution in [0.1, 0.15) is 57.2 Å². The lowest BCUT2D eigenvalue weighted by Gasteiger charge is -2.22. The molecule has 0 saturated carbocycles. The van der Waals surface area contributed by atoms with E-state index in [1.165, 1.54) is 5.56 Å². The highest BCUT2D eigenvalue weighted by Crippen LogP contribution is 2.30. The van der Waals surface area contributed by atoms with Crippen molar-refractivity contribution >= 4 is 0 Å². The van der Waals surface area contributed by atoms with E-state index in [1.807, 2.05) is 33.8 Å². The van der Waals surface area contributed by atoms with Crippen LogP contribution >= 0.6 is 0 Å². The van der Waals surface area contributed by atoms with Crippen molar-refractivity contribution < 1.29 is 4.39 Å². The minimum Gasteiger partial charge on any atom is -0.207 e. The van der Waals surface area contributed by atoms with Gasteiger partial charge in [0.25, 0.3) is 0 Å². The topological polar surface area (TPSA) is 0 Å². The molecule has 0 spiro atoms. The van der Waals surface area contributed by atoms with Crippen molar-refractivity contribution in [3.63, 3.8) is 0 Å². The summed E-state index contributed by atoms with van der Waals surface area (Å²) in [4.78, 5) is 0. The third kappa shape index (κ3) is 2.58. The highest BCUT2D eigenvalue weighted by Gasteiger charge is 2.20. The van der Waals surface area contributed by atoms with Crippen LogP contribution < -0.4 is 0 Å². The van der Waals surface area contributed by atoms with Gasteiger partial charge in [0.1, 0.15) is 5.82 Å². The van der Waals surface area contributed by atoms with Gasteiger partial charge in [-0.05, 0) is 41.0 Å². The number of rotatable bonds is 1. The van der Waals surface area contributed by atoms with E-state index in [0.717, 1.165) is 11.1 Å². The fraction of sp³-hybridized carbons (Fsp3) is 0.571. The molecule has 0 unspecified atom stereocenters. The largest absolute Gasteiger partial charge is 0.207 e. The molecular weight excluding hydrogens is 187 g/mol. The van der Waals surface area contributed by atoms with Gasteiger partial charge in [-0.1, -0.05) is 40.7 Å². The molecular formula is C14H21F. The molecule has 1 aromatic rings. The number of aryl methyl sites for hydroxylation is 1. The Balaban J connectivity index is 3.37. The molecule has 0 aliphatic rings. The van der Waals surface area contributed by atoms with Crippen LogP contribution in [0.4, 0.5) is 4.39 Å². The summed E-state index contributed by atoms with van der Waals surface area (Å²) >= 11 is 0. The number of hydrogen-bond acceptors (Lipinski definition) is 0. The normalized spacial score (nSPS) is 12.3. The van der Waals surface area contributed by atoms with Gasteiger partial charge in [-0.25, -0.2) is 4.39 Å². The zero-order valence-electron chi connectivity index (χ0n) is 10.6. The van der Waals surface area contributed by atoms with Crippen LogP contribution in [0, 0.1) is 12.7 Å². The predicted molar refractivity (Wildman–Crippen MR) is 63.9 cm³/mol. The third-order valence-corrected chi connectivity index (χ3v) is 2.79. The Labute approximate surface area is 92.5 Å². The lowest BCUT2D eigenvalue weighted by Crippen LogP contribution is -2.15. The first-order chi connectivity index (χ1) is 6.73. The average molecular weight is 208 g/mol. The van der Waals surface area contributed by atoms with E-state index in [-0.39, 0.29) is 11.2 Å². The lowest BCUT2D eigenvalue weighted by atomic mass is 9.83. The number of hydrogen-bond donors (Lipinski definition) is 0. The Morgan fingerprint density at radius 1 is 1.13 bits per heavy atom. The zero-order valence-corrected chi connectivity index (χ0v) is 10.6. The molecule has 0 nitrogen and oxygen atoms in total. The van der Waals surface area contributed by atoms with Crippen LogP contribution in [0.3, 0.4) is 0 Å². The van der Waals surface area contributed by atoms with Crippen LogP contribution in [0.2, 0.25) is 0 Å². The van der Waals surface area contributed by atoms with Gasteiger partial charge in [0.05, 0.1) is 0 Å². The Morgan fingerprint density at radius 3 is 2.07 bits per heavy atom. The Kier molecular flexibility index (Phi) is 3.22. The SMILES string of the molecule is Cc1cc(F)c(C(C)(C)C)cc1C(C)C. The van der Waals surface area contributed by atoms with Gasteiger partial charge in [0.15, 0.2) is 0 Å². The maximum Gasteiger partial charge on any atom is 0.127 e. The van der Waals surface area contributed by atoms with Crippen molar-refractivity contribution in [2.24, 2.45) is 0 Å². The fourth-order valence-corrected chi connectivity index (χ4v) is 1.89. The van der Waals surface area contributed by atoms with E-state index >= 15 is 0 Å². The molecule has 0 aromatic heterocycles. The molecule has 0 radical (unpaired) electrons. The summed E-state index contributed by atoms with van der Waals surface area (Å²) in [6, 6.07) is 3.69. The molecule has 1 aromatic carbocycles. The highest BCUT2D eigenvalue weighted by atomic mass is 19.1. The van der Waals surface area contributed by atoms with Gasteiger partial charge in [-0.3, -0.25) is 0 Å². The lowest BCUT2D eigenvalue weighted by molar-refractivity contribution is 0.520.